The first-order valence-corrected chi connectivity index (χ1v) is 9.02. The topological polar surface area (TPSA) is 80.3 Å². The standard InChI is InChI=1S/C22H19N3O3/c26-21(25-18-5-3-12-23-14-18)16-7-9-17(10-8-16)24-22(27)20-19-6-2-1-4-15(19)11-13-28-20/h1-10,12,14,20H,11,13H2,(H,24,27)(H,25,26)/t20-/m1/s1. The molecule has 6 nitrogen and oxygen atoms in total. The number of pyridine rings is 1. The van der Waals surface area contributed by atoms with Crippen LogP contribution in [0.25, 0.3) is 0 Å². The normalized spacial score (nSPS) is 15.4. The van der Waals surface area contributed by atoms with Crippen molar-refractivity contribution in [3.63, 3.8) is 0 Å². The van der Waals surface area contributed by atoms with Gasteiger partial charge in [0.25, 0.3) is 11.8 Å². The van der Waals surface area contributed by atoms with Gasteiger partial charge in [0.05, 0.1) is 18.5 Å². The SMILES string of the molecule is O=C(Nc1cccnc1)c1ccc(NC(=O)[C@@H]2OCCc3ccccc32)cc1. The molecule has 28 heavy (non-hydrogen) atoms. The fourth-order valence-electron chi connectivity index (χ4n) is 3.16. The second-order valence-corrected chi connectivity index (χ2v) is 6.46. The van der Waals surface area contributed by atoms with Gasteiger partial charge in [0, 0.05) is 17.4 Å². The second-order valence-electron chi connectivity index (χ2n) is 6.46. The third kappa shape index (κ3) is 3.92. The number of hydrogen-bond acceptors (Lipinski definition) is 4. The molecule has 6 heteroatoms. The van der Waals surface area contributed by atoms with Crippen molar-refractivity contribution < 1.29 is 14.3 Å². The van der Waals surface area contributed by atoms with Crippen molar-refractivity contribution in [2.24, 2.45) is 0 Å². The number of carbonyl (C=O) groups is 2. The lowest BCUT2D eigenvalue weighted by atomic mass is 9.97. The zero-order chi connectivity index (χ0) is 19.3. The van der Waals surface area contributed by atoms with Crippen molar-refractivity contribution >= 4 is 23.2 Å². The van der Waals surface area contributed by atoms with E-state index in [1.807, 2.05) is 24.3 Å². The summed E-state index contributed by atoms with van der Waals surface area (Å²) in [5.41, 5.74) is 3.75. The Kier molecular flexibility index (Phi) is 5.12. The Labute approximate surface area is 162 Å². The first kappa shape index (κ1) is 17.9. The van der Waals surface area contributed by atoms with Crippen LogP contribution in [0.2, 0.25) is 0 Å². The number of aromatic nitrogens is 1. The average molecular weight is 373 g/mol. The van der Waals surface area contributed by atoms with Gasteiger partial charge in [-0.15, -0.1) is 0 Å². The van der Waals surface area contributed by atoms with Crippen LogP contribution in [-0.4, -0.2) is 23.4 Å². The van der Waals surface area contributed by atoms with E-state index >= 15 is 0 Å². The highest BCUT2D eigenvalue weighted by molar-refractivity contribution is 6.04. The predicted octanol–water partition coefficient (Wildman–Crippen LogP) is 3.59. The zero-order valence-corrected chi connectivity index (χ0v) is 15.1. The summed E-state index contributed by atoms with van der Waals surface area (Å²) in [6, 6.07) is 18.1. The molecule has 0 spiro atoms. The quantitative estimate of drug-likeness (QED) is 0.732. The van der Waals surface area contributed by atoms with Gasteiger partial charge in [-0.2, -0.15) is 0 Å². The van der Waals surface area contributed by atoms with Gasteiger partial charge in [-0.3, -0.25) is 14.6 Å². The number of carbonyl (C=O) groups excluding carboxylic acids is 2. The number of fused-ring (bicyclic) bond motifs is 1. The lowest BCUT2D eigenvalue weighted by Gasteiger charge is -2.25. The molecule has 3 aromatic rings. The highest BCUT2D eigenvalue weighted by Gasteiger charge is 2.27. The fraction of sp³-hybridized carbons (Fsp3) is 0.136. The summed E-state index contributed by atoms with van der Waals surface area (Å²) >= 11 is 0. The summed E-state index contributed by atoms with van der Waals surface area (Å²) in [5.74, 6) is -0.463. The Morgan fingerprint density at radius 2 is 1.75 bits per heavy atom. The maximum Gasteiger partial charge on any atom is 0.258 e. The van der Waals surface area contributed by atoms with Crippen molar-refractivity contribution in [2.45, 2.75) is 12.5 Å². The smallest absolute Gasteiger partial charge is 0.258 e. The molecule has 0 aliphatic carbocycles. The average Bonchev–Trinajstić information content (AvgIpc) is 2.74. The molecule has 0 radical (unpaired) electrons. The number of amides is 2. The third-order valence-electron chi connectivity index (χ3n) is 4.57. The molecule has 2 heterocycles. The summed E-state index contributed by atoms with van der Waals surface area (Å²) in [6.45, 7) is 0.516. The first-order chi connectivity index (χ1) is 13.7. The molecule has 0 bridgehead atoms. The monoisotopic (exact) mass is 373 g/mol. The Morgan fingerprint density at radius 1 is 0.929 bits per heavy atom. The summed E-state index contributed by atoms with van der Waals surface area (Å²) in [7, 11) is 0. The van der Waals surface area contributed by atoms with Gasteiger partial charge >= 0.3 is 0 Å². The van der Waals surface area contributed by atoms with Crippen molar-refractivity contribution in [3.05, 3.63) is 89.7 Å². The summed E-state index contributed by atoms with van der Waals surface area (Å²) in [4.78, 5) is 28.9. The lowest BCUT2D eigenvalue weighted by molar-refractivity contribution is -0.128. The Morgan fingerprint density at radius 3 is 2.54 bits per heavy atom. The molecule has 4 rings (SSSR count). The maximum absolute atomic E-state index is 12.7. The van der Waals surface area contributed by atoms with Crippen LogP contribution in [0.15, 0.2) is 73.1 Å². The summed E-state index contributed by atoms with van der Waals surface area (Å²) in [5, 5.41) is 5.64. The van der Waals surface area contributed by atoms with E-state index in [9.17, 15) is 9.59 Å². The molecule has 140 valence electrons. The third-order valence-corrected chi connectivity index (χ3v) is 4.57. The Bertz CT molecular complexity index is 987. The molecule has 2 N–H and O–H groups in total. The van der Waals surface area contributed by atoms with Crippen molar-refractivity contribution in [2.75, 3.05) is 17.2 Å². The van der Waals surface area contributed by atoms with Crippen LogP contribution in [-0.2, 0) is 16.0 Å². The molecular weight excluding hydrogens is 354 g/mol. The fourth-order valence-corrected chi connectivity index (χ4v) is 3.16. The van der Waals surface area contributed by atoms with Crippen LogP contribution >= 0.6 is 0 Å². The van der Waals surface area contributed by atoms with Crippen molar-refractivity contribution in [1.82, 2.24) is 4.98 Å². The number of anilines is 2. The van der Waals surface area contributed by atoms with Gasteiger partial charge in [-0.25, -0.2) is 0 Å². The van der Waals surface area contributed by atoms with E-state index in [1.54, 1.807) is 48.8 Å². The van der Waals surface area contributed by atoms with Gasteiger partial charge in [0.2, 0.25) is 0 Å². The summed E-state index contributed by atoms with van der Waals surface area (Å²) < 4.78 is 5.68. The molecule has 1 aliphatic heterocycles. The van der Waals surface area contributed by atoms with E-state index in [0.717, 1.165) is 17.5 Å². The number of rotatable bonds is 4. The van der Waals surface area contributed by atoms with Gasteiger partial charge < -0.3 is 15.4 Å². The van der Waals surface area contributed by atoms with Crippen LogP contribution in [0.5, 0.6) is 0 Å². The minimum atomic E-state index is -0.626. The highest BCUT2D eigenvalue weighted by atomic mass is 16.5. The van der Waals surface area contributed by atoms with Crippen LogP contribution in [0.4, 0.5) is 11.4 Å². The molecule has 0 saturated heterocycles. The minimum Gasteiger partial charge on any atom is -0.363 e. The minimum absolute atomic E-state index is 0.222. The van der Waals surface area contributed by atoms with E-state index in [2.05, 4.69) is 15.6 Å². The molecule has 2 aromatic carbocycles. The van der Waals surface area contributed by atoms with Crippen LogP contribution in [0, 0.1) is 0 Å². The number of hydrogen-bond donors (Lipinski definition) is 2. The molecule has 0 fully saturated rings. The van der Waals surface area contributed by atoms with Crippen LogP contribution < -0.4 is 10.6 Å². The molecule has 1 aliphatic rings. The number of ether oxygens (including phenoxy) is 1. The van der Waals surface area contributed by atoms with E-state index in [-0.39, 0.29) is 11.8 Å². The van der Waals surface area contributed by atoms with Gasteiger partial charge in [-0.05, 0) is 53.9 Å². The van der Waals surface area contributed by atoms with Gasteiger partial charge in [-0.1, -0.05) is 24.3 Å². The maximum atomic E-state index is 12.7. The Balaban J connectivity index is 1.42. The number of benzene rings is 2. The highest BCUT2D eigenvalue weighted by Crippen LogP contribution is 2.28. The molecular formula is C22H19N3O3. The zero-order valence-electron chi connectivity index (χ0n) is 15.1. The molecule has 0 saturated carbocycles. The molecule has 1 atom stereocenters. The molecule has 1 aromatic heterocycles. The first-order valence-electron chi connectivity index (χ1n) is 9.02. The lowest BCUT2D eigenvalue weighted by Crippen LogP contribution is -2.28. The van der Waals surface area contributed by atoms with Crippen LogP contribution in [0.3, 0.4) is 0 Å². The van der Waals surface area contributed by atoms with Crippen LogP contribution in [0.1, 0.15) is 27.6 Å². The van der Waals surface area contributed by atoms with E-state index in [1.165, 1.54) is 0 Å². The van der Waals surface area contributed by atoms with Gasteiger partial charge in [0.15, 0.2) is 6.10 Å². The molecule has 2 amide bonds. The molecule has 0 unspecified atom stereocenters. The van der Waals surface area contributed by atoms with E-state index in [0.29, 0.717) is 23.5 Å². The van der Waals surface area contributed by atoms with Crippen molar-refractivity contribution in [3.8, 4) is 0 Å². The van der Waals surface area contributed by atoms with Crippen molar-refractivity contribution in [1.29, 1.82) is 0 Å². The Hall–Kier alpha value is -3.51. The summed E-state index contributed by atoms with van der Waals surface area (Å²) in [6.07, 6.45) is 3.40. The predicted molar refractivity (Wildman–Crippen MR) is 106 cm³/mol. The number of nitrogens with zero attached hydrogens (tertiary/aromatic N) is 1. The van der Waals surface area contributed by atoms with Gasteiger partial charge in [0.1, 0.15) is 0 Å². The second kappa shape index (κ2) is 8.02. The largest absolute Gasteiger partial charge is 0.363 e. The van der Waals surface area contributed by atoms with E-state index < -0.39 is 6.10 Å². The van der Waals surface area contributed by atoms with E-state index in [4.69, 9.17) is 4.74 Å². The number of nitrogens with one attached hydrogen (secondary N) is 2.